The molecule has 1 amide bonds. The highest BCUT2D eigenvalue weighted by Crippen LogP contribution is 2.12. The van der Waals surface area contributed by atoms with Crippen LogP contribution in [0.25, 0.3) is 0 Å². The quantitative estimate of drug-likeness (QED) is 0.405. The van der Waals surface area contributed by atoms with Crippen LogP contribution >= 0.6 is 15.9 Å². The number of nitrogens with zero attached hydrogens (tertiary/aromatic N) is 1. The first kappa shape index (κ1) is 19.7. The van der Waals surface area contributed by atoms with Gasteiger partial charge >= 0.3 is 5.97 Å². The van der Waals surface area contributed by atoms with Crippen molar-refractivity contribution in [1.29, 1.82) is 0 Å². The average Bonchev–Trinajstić information content (AvgIpc) is 2.63. The monoisotopic (exact) mass is 418 g/mol. The van der Waals surface area contributed by atoms with Gasteiger partial charge < -0.3 is 9.47 Å². The van der Waals surface area contributed by atoms with Crippen LogP contribution in [0.3, 0.4) is 0 Å². The number of halogens is 1. The average molecular weight is 419 g/mol. The Kier molecular flexibility index (Phi) is 7.82. The van der Waals surface area contributed by atoms with Crippen molar-refractivity contribution in [3.05, 3.63) is 64.1 Å². The molecule has 0 fully saturated rings. The smallest absolute Gasteiger partial charge is 0.344 e. The highest BCUT2D eigenvalue weighted by atomic mass is 79.9. The second kappa shape index (κ2) is 10.4. The number of nitrogens with one attached hydrogen (secondary N) is 1. The first-order chi connectivity index (χ1) is 12.6. The zero-order valence-corrected chi connectivity index (χ0v) is 15.9. The summed E-state index contributed by atoms with van der Waals surface area (Å²) in [6, 6.07) is 14.5. The van der Waals surface area contributed by atoms with E-state index in [-0.39, 0.29) is 18.9 Å². The number of esters is 1. The molecule has 0 aromatic heterocycles. The van der Waals surface area contributed by atoms with Crippen molar-refractivity contribution in [1.82, 2.24) is 5.43 Å². The predicted molar refractivity (Wildman–Crippen MR) is 102 cm³/mol. The first-order valence-electron chi connectivity index (χ1n) is 8.01. The van der Waals surface area contributed by atoms with Gasteiger partial charge in [0.2, 0.25) is 5.91 Å². The maximum absolute atomic E-state index is 11.8. The molecule has 0 unspecified atom stereocenters. The van der Waals surface area contributed by atoms with E-state index in [1.807, 2.05) is 24.3 Å². The highest BCUT2D eigenvalue weighted by Gasteiger charge is 2.03. The molecule has 2 aromatic carbocycles. The lowest BCUT2D eigenvalue weighted by Gasteiger charge is -2.05. The molecule has 2 rings (SSSR count). The Morgan fingerprint density at radius 2 is 1.81 bits per heavy atom. The molecule has 0 radical (unpaired) electrons. The molecular weight excluding hydrogens is 400 g/mol. The fraction of sp³-hybridized carbons (Fsp3) is 0.211. The van der Waals surface area contributed by atoms with E-state index in [1.165, 1.54) is 6.21 Å². The van der Waals surface area contributed by atoms with Crippen molar-refractivity contribution >= 4 is 34.0 Å². The van der Waals surface area contributed by atoms with Crippen LogP contribution < -0.4 is 10.2 Å². The van der Waals surface area contributed by atoms with Gasteiger partial charge in [0.25, 0.3) is 0 Å². The molecule has 0 heterocycles. The molecule has 6 nitrogen and oxygen atoms in total. The van der Waals surface area contributed by atoms with Crippen molar-refractivity contribution in [3.63, 3.8) is 0 Å². The zero-order valence-electron chi connectivity index (χ0n) is 14.3. The number of carbonyl (C=O) groups excluding carboxylic acids is 2. The van der Waals surface area contributed by atoms with Crippen molar-refractivity contribution in [2.45, 2.75) is 13.3 Å². The van der Waals surface area contributed by atoms with Gasteiger partial charge in [0.15, 0.2) is 6.61 Å². The van der Waals surface area contributed by atoms with E-state index in [0.717, 1.165) is 15.6 Å². The topological polar surface area (TPSA) is 77.0 Å². The number of amides is 1. The van der Waals surface area contributed by atoms with Gasteiger partial charge in [-0.25, -0.2) is 10.2 Å². The summed E-state index contributed by atoms with van der Waals surface area (Å²) in [5, 5.41) is 3.93. The molecule has 0 saturated carbocycles. The van der Waals surface area contributed by atoms with Gasteiger partial charge in [-0.1, -0.05) is 28.1 Å². The summed E-state index contributed by atoms with van der Waals surface area (Å²) in [6.07, 6.45) is 1.79. The van der Waals surface area contributed by atoms with Gasteiger partial charge in [-0.15, -0.1) is 0 Å². The van der Waals surface area contributed by atoms with Crippen molar-refractivity contribution in [3.8, 4) is 5.75 Å². The highest BCUT2D eigenvalue weighted by molar-refractivity contribution is 9.10. The molecule has 7 heteroatoms. The van der Waals surface area contributed by atoms with Crippen LogP contribution in [0, 0.1) is 0 Å². The Bertz CT molecular complexity index is 758. The number of carbonyl (C=O) groups is 2. The lowest BCUT2D eigenvalue weighted by Crippen LogP contribution is -2.19. The molecule has 26 heavy (non-hydrogen) atoms. The molecule has 0 aliphatic rings. The SMILES string of the molecule is CCOC(=O)COc1ccc(/C=N\NC(=O)Cc2ccc(Br)cc2)cc1. The maximum atomic E-state index is 11.8. The zero-order chi connectivity index (χ0) is 18.8. The Morgan fingerprint density at radius 1 is 1.12 bits per heavy atom. The number of ether oxygens (including phenoxy) is 2. The van der Waals surface area contributed by atoms with E-state index in [1.54, 1.807) is 31.2 Å². The molecule has 0 saturated heterocycles. The van der Waals surface area contributed by atoms with Crippen LogP contribution in [0.15, 0.2) is 58.1 Å². The molecule has 0 bridgehead atoms. The second-order valence-corrected chi connectivity index (χ2v) is 6.17. The number of hydrogen-bond donors (Lipinski definition) is 1. The van der Waals surface area contributed by atoms with Crippen LogP contribution in [0.4, 0.5) is 0 Å². The molecule has 0 atom stereocenters. The molecule has 0 spiro atoms. The van der Waals surface area contributed by atoms with E-state index in [9.17, 15) is 9.59 Å². The Labute approximate surface area is 160 Å². The van der Waals surface area contributed by atoms with Gasteiger partial charge in [0.1, 0.15) is 5.75 Å². The summed E-state index contributed by atoms with van der Waals surface area (Å²) in [4.78, 5) is 23.1. The summed E-state index contributed by atoms with van der Waals surface area (Å²) >= 11 is 3.35. The Balaban J connectivity index is 1.78. The lowest BCUT2D eigenvalue weighted by molar-refractivity contribution is -0.145. The van der Waals surface area contributed by atoms with Gasteiger partial charge in [-0.2, -0.15) is 5.10 Å². The third kappa shape index (κ3) is 7.06. The summed E-state index contributed by atoms with van der Waals surface area (Å²) < 4.78 is 11.1. The lowest BCUT2D eigenvalue weighted by atomic mass is 10.1. The second-order valence-electron chi connectivity index (χ2n) is 5.26. The normalized spacial score (nSPS) is 10.5. The van der Waals surface area contributed by atoms with Crippen LogP contribution in [0.1, 0.15) is 18.1 Å². The Morgan fingerprint density at radius 3 is 2.46 bits per heavy atom. The minimum absolute atomic E-state index is 0.132. The van der Waals surface area contributed by atoms with Crippen LogP contribution in [-0.4, -0.2) is 31.3 Å². The summed E-state index contributed by atoms with van der Waals surface area (Å²) in [6.45, 7) is 1.93. The number of benzene rings is 2. The van der Waals surface area contributed by atoms with E-state index in [2.05, 4.69) is 26.5 Å². The van der Waals surface area contributed by atoms with Crippen LogP contribution in [0.2, 0.25) is 0 Å². The summed E-state index contributed by atoms with van der Waals surface area (Å²) in [5.41, 5.74) is 4.19. The van der Waals surface area contributed by atoms with Crippen LogP contribution in [-0.2, 0) is 20.7 Å². The fourth-order valence-electron chi connectivity index (χ4n) is 2.00. The maximum Gasteiger partial charge on any atom is 0.344 e. The van der Waals surface area contributed by atoms with Gasteiger partial charge in [0.05, 0.1) is 19.2 Å². The largest absolute Gasteiger partial charge is 0.482 e. The standard InChI is InChI=1S/C19H19BrN2O4/c1-2-25-19(24)13-26-17-9-5-15(6-10-17)12-21-22-18(23)11-14-3-7-16(20)8-4-14/h3-10,12H,2,11,13H2,1H3,(H,22,23)/b21-12-. The third-order valence-corrected chi connectivity index (χ3v) is 3.75. The van der Waals surface area contributed by atoms with E-state index in [0.29, 0.717) is 12.4 Å². The molecule has 0 aliphatic heterocycles. The van der Waals surface area contributed by atoms with E-state index >= 15 is 0 Å². The minimum Gasteiger partial charge on any atom is -0.482 e. The van der Waals surface area contributed by atoms with Gasteiger partial charge in [0, 0.05) is 4.47 Å². The Hall–Kier alpha value is -2.67. The summed E-state index contributed by atoms with van der Waals surface area (Å²) in [5.74, 6) is -0.0564. The van der Waals surface area contributed by atoms with E-state index < -0.39 is 5.97 Å². The fourth-order valence-corrected chi connectivity index (χ4v) is 2.27. The van der Waals surface area contributed by atoms with Crippen molar-refractivity contribution in [2.75, 3.05) is 13.2 Å². The van der Waals surface area contributed by atoms with Crippen LogP contribution in [0.5, 0.6) is 5.75 Å². The first-order valence-corrected chi connectivity index (χ1v) is 8.81. The van der Waals surface area contributed by atoms with Gasteiger partial charge in [-0.3, -0.25) is 4.79 Å². The minimum atomic E-state index is -0.411. The summed E-state index contributed by atoms with van der Waals surface area (Å²) in [7, 11) is 0. The molecule has 1 N–H and O–H groups in total. The van der Waals surface area contributed by atoms with Crippen molar-refractivity contribution in [2.24, 2.45) is 5.10 Å². The molecular formula is C19H19BrN2O4. The molecule has 0 aliphatic carbocycles. The number of hydrazone groups is 1. The van der Waals surface area contributed by atoms with Crippen molar-refractivity contribution < 1.29 is 19.1 Å². The van der Waals surface area contributed by atoms with Gasteiger partial charge in [-0.05, 0) is 54.4 Å². The molecule has 136 valence electrons. The van der Waals surface area contributed by atoms with E-state index in [4.69, 9.17) is 9.47 Å². The predicted octanol–water partition coefficient (Wildman–Crippen LogP) is 3.08. The number of rotatable bonds is 8. The molecule has 2 aromatic rings. The third-order valence-electron chi connectivity index (χ3n) is 3.22. The number of hydrogen-bond acceptors (Lipinski definition) is 5.